The Morgan fingerprint density at radius 2 is 1.95 bits per heavy atom. The lowest BCUT2D eigenvalue weighted by Crippen LogP contribution is -2.47. The summed E-state index contributed by atoms with van der Waals surface area (Å²) in [6.07, 6.45) is 0. The average Bonchev–Trinajstić information content (AvgIpc) is 2.77. The Bertz CT molecular complexity index is 624. The molecule has 1 fully saturated rings. The summed E-state index contributed by atoms with van der Waals surface area (Å²) in [6, 6.07) is 2.08. The minimum absolute atomic E-state index is 0.0847. The lowest BCUT2D eigenvalue weighted by molar-refractivity contribution is -0.117. The number of anilines is 1. The molecule has 2 heterocycles. The number of nitriles is 1. The smallest absolute Gasteiger partial charge is 0.239 e. The van der Waals surface area contributed by atoms with Crippen molar-refractivity contribution in [2.24, 2.45) is 0 Å². The number of likely N-dealkylation sites (N-methyl/N-ethyl adjacent to an activating group) is 1. The molecule has 0 spiro atoms. The Morgan fingerprint density at radius 3 is 2.50 bits per heavy atom. The maximum atomic E-state index is 12.2. The van der Waals surface area contributed by atoms with E-state index >= 15 is 0 Å². The Labute approximate surface area is 134 Å². The van der Waals surface area contributed by atoms with Gasteiger partial charge in [0.2, 0.25) is 5.91 Å². The van der Waals surface area contributed by atoms with Gasteiger partial charge in [-0.25, -0.2) is 0 Å². The van der Waals surface area contributed by atoms with Crippen molar-refractivity contribution in [3.8, 4) is 6.07 Å². The first-order valence-electron chi connectivity index (χ1n) is 7.17. The largest absolute Gasteiger partial charge is 0.315 e. The zero-order chi connectivity index (χ0) is 16.3. The highest BCUT2D eigenvalue weighted by Gasteiger charge is 2.21. The normalized spacial score (nSPS) is 16.3. The van der Waals surface area contributed by atoms with Gasteiger partial charge in [0, 0.05) is 26.2 Å². The van der Waals surface area contributed by atoms with Gasteiger partial charge in [0.05, 0.1) is 17.0 Å². The molecule has 1 saturated heterocycles. The highest BCUT2D eigenvalue weighted by molar-refractivity contribution is 7.18. The minimum Gasteiger partial charge on any atom is -0.315 e. The summed E-state index contributed by atoms with van der Waals surface area (Å²) < 4.78 is 0. The number of hydrogen-bond acceptors (Lipinski definition) is 6. The van der Waals surface area contributed by atoms with E-state index in [-0.39, 0.29) is 11.7 Å². The number of nitrogens with zero attached hydrogens (tertiary/aromatic N) is 3. The molecule has 22 heavy (non-hydrogen) atoms. The first-order valence-corrected chi connectivity index (χ1v) is 7.99. The number of ketones is 1. The van der Waals surface area contributed by atoms with E-state index in [1.54, 1.807) is 6.92 Å². The van der Waals surface area contributed by atoms with Gasteiger partial charge in [0.25, 0.3) is 0 Å². The van der Waals surface area contributed by atoms with Crippen molar-refractivity contribution in [1.29, 1.82) is 5.26 Å². The van der Waals surface area contributed by atoms with Crippen molar-refractivity contribution in [3.05, 3.63) is 16.0 Å². The number of thiophene rings is 1. The fraction of sp³-hybridized carbons (Fsp3) is 0.533. The summed E-state index contributed by atoms with van der Waals surface area (Å²) in [4.78, 5) is 28.6. The first-order chi connectivity index (χ1) is 10.4. The van der Waals surface area contributed by atoms with Gasteiger partial charge in [-0.15, -0.1) is 11.3 Å². The molecule has 0 radical (unpaired) electrons. The number of carbonyl (C=O) groups excluding carboxylic acids is 2. The van der Waals surface area contributed by atoms with Gasteiger partial charge in [-0.3, -0.25) is 14.5 Å². The van der Waals surface area contributed by atoms with Crippen LogP contribution in [0.2, 0.25) is 0 Å². The Morgan fingerprint density at radius 1 is 1.32 bits per heavy atom. The van der Waals surface area contributed by atoms with Crippen molar-refractivity contribution in [2.75, 3.05) is 45.1 Å². The van der Waals surface area contributed by atoms with E-state index in [0.29, 0.717) is 27.5 Å². The third-order valence-corrected chi connectivity index (χ3v) is 5.10. The molecule has 118 valence electrons. The lowest BCUT2D eigenvalue weighted by atomic mass is 10.1. The van der Waals surface area contributed by atoms with Gasteiger partial charge in [-0.1, -0.05) is 0 Å². The number of amides is 1. The topological polar surface area (TPSA) is 76.4 Å². The molecule has 1 aliphatic heterocycles. The van der Waals surface area contributed by atoms with E-state index in [0.717, 1.165) is 26.2 Å². The van der Waals surface area contributed by atoms with Crippen LogP contribution in [0.15, 0.2) is 0 Å². The number of carbonyl (C=O) groups is 2. The van der Waals surface area contributed by atoms with Gasteiger partial charge < -0.3 is 10.2 Å². The van der Waals surface area contributed by atoms with E-state index in [1.165, 1.54) is 18.3 Å². The van der Waals surface area contributed by atoms with Crippen LogP contribution in [0.5, 0.6) is 0 Å². The lowest BCUT2D eigenvalue weighted by Gasteiger charge is -2.31. The minimum atomic E-state index is -0.141. The second-order valence-electron chi connectivity index (χ2n) is 5.56. The molecule has 0 aromatic carbocycles. The molecule has 0 atom stereocenters. The molecule has 1 amide bonds. The summed E-state index contributed by atoms with van der Waals surface area (Å²) >= 11 is 1.18. The molecule has 7 heteroatoms. The monoisotopic (exact) mass is 320 g/mol. The van der Waals surface area contributed by atoms with Crippen molar-refractivity contribution in [2.45, 2.75) is 13.8 Å². The fourth-order valence-electron chi connectivity index (χ4n) is 2.45. The molecule has 1 N–H and O–H groups in total. The molecular weight excluding hydrogens is 300 g/mol. The van der Waals surface area contributed by atoms with E-state index < -0.39 is 0 Å². The molecule has 1 aromatic rings. The highest BCUT2D eigenvalue weighted by atomic mass is 32.1. The Hall–Kier alpha value is -1.75. The first kappa shape index (κ1) is 16.6. The molecule has 1 aliphatic rings. The zero-order valence-electron chi connectivity index (χ0n) is 13.1. The molecule has 0 unspecified atom stereocenters. The maximum absolute atomic E-state index is 12.2. The van der Waals surface area contributed by atoms with Gasteiger partial charge >= 0.3 is 0 Å². The predicted molar refractivity (Wildman–Crippen MR) is 86.3 cm³/mol. The van der Waals surface area contributed by atoms with Crippen LogP contribution in [0, 0.1) is 18.3 Å². The molecular formula is C15H20N4O2S. The van der Waals surface area contributed by atoms with Gasteiger partial charge in [0.15, 0.2) is 5.78 Å². The highest BCUT2D eigenvalue weighted by Crippen LogP contribution is 2.32. The quantitative estimate of drug-likeness (QED) is 0.847. The summed E-state index contributed by atoms with van der Waals surface area (Å²) in [6.45, 7) is 7.13. The summed E-state index contributed by atoms with van der Waals surface area (Å²) in [5.74, 6) is -0.226. The summed E-state index contributed by atoms with van der Waals surface area (Å²) in [5, 5.41) is 12.5. The number of hydrogen-bond donors (Lipinski definition) is 1. The van der Waals surface area contributed by atoms with Crippen LogP contribution < -0.4 is 5.32 Å². The predicted octanol–water partition coefficient (Wildman–Crippen LogP) is 1.32. The molecule has 1 aromatic heterocycles. The van der Waals surface area contributed by atoms with E-state index in [1.807, 2.05) is 0 Å². The molecule has 0 bridgehead atoms. The maximum Gasteiger partial charge on any atom is 0.239 e. The van der Waals surface area contributed by atoms with Crippen LogP contribution in [0.25, 0.3) is 0 Å². The van der Waals surface area contributed by atoms with Crippen LogP contribution in [0.3, 0.4) is 0 Å². The molecule has 0 saturated carbocycles. The SMILES string of the molecule is CC(=O)c1sc(NC(=O)CN2CCN(C)CC2)c(C#N)c1C. The van der Waals surface area contributed by atoms with Crippen LogP contribution in [0.1, 0.15) is 27.7 Å². The van der Waals surface area contributed by atoms with Gasteiger partial charge in [-0.05, 0) is 26.5 Å². The molecule has 0 aliphatic carbocycles. The second-order valence-corrected chi connectivity index (χ2v) is 6.58. The standard InChI is InChI=1S/C15H20N4O2S/c1-10-12(8-16)15(22-14(10)11(2)20)17-13(21)9-19-6-4-18(3)5-7-19/h4-7,9H2,1-3H3,(H,17,21). The second kappa shape index (κ2) is 7.01. The van der Waals surface area contributed by atoms with Gasteiger partial charge in [-0.2, -0.15) is 5.26 Å². The summed E-state index contributed by atoms with van der Waals surface area (Å²) in [5.41, 5.74) is 1.04. The van der Waals surface area contributed by atoms with Crippen LogP contribution in [0.4, 0.5) is 5.00 Å². The van der Waals surface area contributed by atoms with Crippen LogP contribution in [-0.4, -0.2) is 61.3 Å². The number of piperazine rings is 1. The number of rotatable bonds is 4. The molecule has 2 rings (SSSR count). The fourth-order valence-corrected chi connectivity index (χ4v) is 3.52. The third kappa shape index (κ3) is 3.71. The molecule has 6 nitrogen and oxygen atoms in total. The number of nitrogens with one attached hydrogen (secondary N) is 1. The van der Waals surface area contributed by atoms with E-state index in [4.69, 9.17) is 0 Å². The van der Waals surface area contributed by atoms with Crippen molar-refractivity contribution in [3.63, 3.8) is 0 Å². The zero-order valence-corrected chi connectivity index (χ0v) is 13.9. The van der Waals surface area contributed by atoms with Crippen molar-refractivity contribution in [1.82, 2.24) is 9.80 Å². The third-order valence-electron chi connectivity index (χ3n) is 3.79. The van der Waals surface area contributed by atoms with E-state index in [9.17, 15) is 14.9 Å². The van der Waals surface area contributed by atoms with Crippen molar-refractivity contribution >= 4 is 28.0 Å². The van der Waals surface area contributed by atoms with Crippen molar-refractivity contribution < 1.29 is 9.59 Å². The Balaban J connectivity index is 2.04. The Kier molecular flexibility index (Phi) is 5.29. The number of Topliss-reactive ketones (excluding diaryl/α,β-unsaturated/α-hetero) is 1. The van der Waals surface area contributed by atoms with Gasteiger partial charge in [0.1, 0.15) is 11.1 Å². The van der Waals surface area contributed by atoms with E-state index in [2.05, 4.69) is 28.2 Å². The summed E-state index contributed by atoms with van der Waals surface area (Å²) in [7, 11) is 2.06. The van der Waals surface area contributed by atoms with Crippen LogP contribution in [-0.2, 0) is 4.79 Å². The average molecular weight is 320 g/mol. The van der Waals surface area contributed by atoms with Crippen LogP contribution >= 0.6 is 11.3 Å².